The molecule has 3 rings (SSSR count). The number of nitrogens with one attached hydrogen (secondary N) is 1. The summed E-state index contributed by atoms with van der Waals surface area (Å²) in [7, 11) is 0. The fourth-order valence-corrected chi connectivity index (χ4v) is 2.68. The maximum absolute atomic E-state index is 12.8. The lowest BCUT2D eigenvalue weighted by molar-refractivity contribution is -0.137. The van der Waals surface area contributed by atoms with Crippen LogP contribution in [0.4, 0.5) is 18.9 Å². The van der Waals surface area contributed by atoms with Crippen molar-refractivity contribution in [2.75, 3.05) is 31.1 Å². The zero-order valence-corrected chi connectivity index (χ0v) is 12.9. The van der Waals surface area contributed by atoms with Crippen LogP contribution in [0.5, 0.6) is 0 Å². The Morgan fingerprint density at radius 1 is 1.14 bits per heavy atom. The number of alkyl halides is 3. The summed E-state index contributed by atoms with van der Waals surface area (Å²) in [6.45, 7) is 5.26. The molecule has 1 aliphatic heterocycles. The van der Waals surface area contributed by atoms with Gasteiger partial charge in [-0.2, -0.15) is 13.2 Å². The maximum Gasteiger partial charge on any atom is 0.416 e. The van der Waals surface area contributed by atoms with Crippen LogP contribution in [-0.4, -0.2) is 31.2 Å². The predicted octanol–water partition coefficient (Wildman–Crippen LogP) is 3.39. The fourth-order valence-electron chi connectivity index (χ4n) is 2.68. The number of hydrogen-bond donors (Lipinski definition) is 1. The summed E-state index contributed by atoms with van der Waals surface area (Å²) in [4.78, 5) is 6.46. The highest BCUT2D eigenvalue weighted by Gasteiger charge is 2.31. The van der Waals surface area contributed by atoms with E-state index in [-0.39, 0.29) is 12.4 Å². The van der Waals surface area contributed by atoms with E-state index < -0.39 is 11.7 Å². The number of pyridine rings is 1. The maximum atomic E-state index is 12.8. The molecule has 0 amide bonds. The van der Waals surface area contributed by atoms with Gasteiger partial charge in [0.2, 0.25) is 0 Å². The SMILES string of the molecule is Cc1cc(N2CCNCC2)c2ccc(C(F)(F)F)cc2n1.Cl. The number of aromatic nitrogens is 1. The van der Waals surface area contributed by atoms with Gasteiger partial charge in [-0.05, 0) is 25.1 Å². The minimum Gasteiger partial charge on any atom is -0.368 e. The Labute approximate surface area is 132 Å². The number of rotatable bonds is 1. The Kier molecular flexibility index (Phi) is 4.82. The van der Waals surface area contributed by atoms with Crippen LogP contribution in [0.1, 0.15) is 11.3 Å². The van der Waals surface area contributed by atoms with Crippen molar-refractivity contribution in [1.29, 1.82) is 0 Å². The number of fused-ring (bicyclic) bond motifs is 1. The summed E-state index contributed by atoms with van der Waals surface area (Å²) in [6.07, 6.45) is -4.34. The summed E-state index contributed by atoms with van der Waals surface area (Å²) in [5.74, 6) is 0. The number of aryl methyl sites for hydroxylation is 1. The van der Waals surface area contributed by atoms with Crippen molar-refractivity contribution >= 4 is 29.0 Å². The molecule has 1 aromatic heterocycles. The molecule has 1 aliphatic rings. The van der Waals surface area contributed by atoms with Gasteiger partial charge in [-0.3, -0.25) is 4.98 Å². The van der Waals surface area contributed by atoms with E-state index in [4.69, 9.17) is 0 Å². The first-order chi connectivity index (χ1) is 9.95. The van der Waals surface area contributed by atoms with Gasteiger partial charge in [-0.15, -0.1) is 12.4 Å². The third-order valence-corrected chi connectivity index (χ3v) is 3.70. The molecule has 0 saturated carbocycles. The Morgan fingerprint density at radius 3 is 2.45 bits per heavy atom. The lowest BCUT2D eigenvalue weighted by atomic mass is 10.1. The molecule has 1 N–H and O–H groups in total. The van der Waals surface area contributed by atoms with Gasteiger partial charge in [0.25, 0.3) is 0 Å². The first-order valence-electron chi connectivity index (χ1n) is 6.89. The van der Waals surface area contributed by atoms with Crippen LogP contribution in [0.25, 0.3) is 10.9 Å². The number of piperazine rings is 1. The molecular weight excluding hydrogens is 315 g/mol. The molecule has 120 valence electrons. The van der Waals surface area contributed by atoms with Gasteiger partial charge in [0.1, 0.15) is 0 Å². The van der Waals surface area contributed by atoms with Gasteiger partial charge in [0, 0.05) is 42.9 Å². The highest BCUT2D eigenvalue weighted by molar-refractivity contribution is 5.92. The van der Waals surface area contributed by atoms with E-state index in [1.807, 2.05) is 13.0 Å². The van der Waals surface area contributed by atoms with Gasteiger partial charge in [-0.1, -0.05) is 6.07 Å². The van der Waals surface area contributed by atoms with Gasteiger partial charge < -0.3 is 10.2 Å². The summed E-state index contributed by atoms with van der Waals surface area (Å²) in [5.41, 5.74) is 1.45. The van der Waals surface area contributed by atoms with Crippen molar-refractivity contribution < 1.29 is 13.2 Å². The van der Waals surface area contributed by atoms with Gasteiger partial charge in [0.05, 0.1) is 11.1 Å². The van der Waals surface area contributed by atoms with E-state index in [1.54, 1.807) is 0 Å². The monoisotopic (exact) mass is 331 g/mol. The predicted molar refractivity (Wildman–Crippen MR) is 83.8 cm³/mol. The zero-order chi connectivity index (χ0) is 15.0. The van der Waals surface area contributed by atoms with Crippen molar-refractivity contribution in [2.24, 2.45) is 0 Å². The first kappa shape index (κ1) is 16.8. The van der Waals surface area contributed by atoms with E-state index >= 15 is 0 Å². The van der Waals surface area contributed by atoms with Crippen LogP contribution in [-0.2, 0) is 6.18 Å². The Bertz CT molecular complexity index is 667. The number of anilines is 1. The van der Waals surface area contributed by atoms with E-state index in [9.17, 15) is 13.2 Å². The van der Waals surface area contributed by atoms with Crippen molar-refractivity contribution in [1.82, 2.24) is 10.3 Å². The van der Waals surface area contributed by atoms with Crippen molar-refractivity contribution in [2.45, 2.75) is 13.1 Å². The minimum atomic E-state index is -4.34. The lowest BCUT2D eigenvalue weighted by Crippen LogP contribution is -2.43. The second kappa shape index (κ2) is 6.30. The van der Waals surface area contributed by atoms with Crippen molar-refractivity contribution in [3.63, 3.8) is 0 Å². The third-order valence-electron chi connectivity index (χ3n) is 3.70. The molecule has 22 heavy (non-hydrogen) atoms. The molecule has 2 heterocycles. The second-order valence-electron chi connectivity index (χ2n) is 5.25. The van der Waals surface area contributed by atoms with Crippen LogP contribution < -0.4 is 10.2 Å². The molecule has 1 aromatic carbocycles. The molecule has 3 nitrogen and oxygen atoms in total. The average Bonchev–Trinajstić information content (AvgIpc) is 2.45. The Hall–Kier alpha value is -1.53. The topological polar surface area (TPSA) is 28.2 Å². The quantitative estimate of drug-likeness (QED) is 0.868. The lowest BCUT2D eigenvalue weighted by Gasteiger charge is -2.30. The minimum absolute atomic E-state index is 0. The largest absolute Gasteiger partial charge is 0.416 e. The molecule has 0 aliphatic carbocycles. The van der Waals surface area contributed by atoms with Gasteiger partial charge >= 0.3 is 6.18 Å². The van der Waals surface area contributed by atoms with Crippen molar-refractivity contribution in [3.05, 3.63) is 35.5 Å². The van der Waals surface area contributed by atoms with E-state index in [2.05, 4.69) is 15.2 Å². The molecule has 1 saturated heterocycles. The van der Waals surface area contributed by atoms with Crippen LogP contribution >= 0.6 is 12.4 Å². The summed E-state index contributed by atoms with van der Waals surface area (Å²) in [5, 5.41) is 4.04. The van der Waals surface area contributed by atoms with E-state index in [1.165, 1.54) is 6.07 Å². The van der Waals surface area contributed by atoms with Crippen LogP contribution in [0, 0.1) is 6.92 Å². The summed E-state index contributed by atoms with van der Waals surface area (Å²) >= 11 is 0. The number of benzene rings is 1. The molecule has 0 unspecified atom stereocenters. The average molecular weight is 332 g/mol. The molecule has 0 bridgehead atoms. The first-order valence-corrected chi connectivity index (χ1v) is 6.89. The zero-order valence-electron chi connectivity index (χ0n) is 12.1. The van der Waals surface area contributed by atoms with Crippen molar-refractivity contribution in [3.8, 4) is 0 Å². The molecule has 0 radical (unpaired) electrons. The number of hydrogen-bond acceptors (Lipinski definition) is 3. The normalized spacial score (nSPS) is 15.7. The van der Waals surface area contributed by atoms with Gasteiger partial charge in [-0.25, -0.2) is 0 Å². The molecule has 2 aromatic rings. The molecule has 7 heteroatoms. The number of nitrogens with zero attached hydrogens (tertiary/aromatic N) is 2. The molecule has 0 atom stereocenters. The highest BCUT2D eigenvalue weighted by Crippen LogP contribution is 2.34. The van der Waals surface area contributed by atoms with E-state index in [0.29, 0.717) is 5.52 Å². The molecule has 1 fully saturated rings. The van der Waals surface area contributed by atoms with E-state index in [0.717, 1.165) is 55.1 Å². The highest BCUT2D eigenvalue weighted by atomic mass is 35.5. The summed E-state index contributed by atoms with van der Waals surface area (Å²) < 4.78 is 38.5. The Morgan fingerprint density at radius 2 is 1.82 bits per heavy atom. The number of halogens is 4. The smallest absolute Gasteiger partial charge is 0.368 e. The second-order valence-corrected chi connectivity index (χ2v) is 5.25. The third kappa shape index (κ3) is 3.28. The summed E-state index contributed by atoms with van der Waals surface area (Å²) in [6, 6.07) is 5.74. The molecule has 0 spiro atoms. The van der Waals surface area contributed by atoms with Crippen LogP contribution in [0.15, 0.2) is 24.3 Å². The Balaban J connectivity index is 0.00000176. The van der Waals surface area contributed by atoms with Crippen LogP contribution in [0.3, 0.4) is 0 Å². The standard InChI is InChI=1S/C15H16F3N3.ClH/c1-10-8-14(21-6-4-19-5-7-21)12-3-2-11(15(16,17)18)9-13(12)20-10;/h2-3,8-9,19H,4-7H2,1H3;1H. The fraction of sp³-hybridized carbons (Fsp3) is 0.400. The van der Waals surface area contributed by atoms with Crippen LogP contribution in [0.2, 0.25) is 0 Å². The van der Waals surface area contributed by atoms with Gasteiger partial charge in [0.15, 0.2) is 0 Å². The molecular formula is C15H17ClF3N3.